The van der Waals surface area contributed by atoms with Gasteiger partial charge in [-0.15, -0.1) is 11.3 Å². The Morgan fingerprint density at radius 3 is 2.67 bits per heavy atom. The molecule has 0 saturated carbocycles. The first kappa shape index (κ1) is 28.5. The lowest BCUT2D eigenvalue weighted by Gasteiger charge is -2.29. The molecule has 0 spiro atoms. The number of aliphatic hydroxyl groups is 2. The second kappa shape index (κ2) is 11.5. The number of hydrogen-bond donors (Lipinski definition) is 2. The molecule has 15 heteroatoms. The van der Waals surface area contributed by atoms with E-state index in [2.05, 4.69) is 10.1 Å². The summed E-state index contributed by atoms with van der Waals surface area (Å²) in [5.41, 5.74) is 1.16. The summed E-state index contributed by atoms with van der Waals surface area (Å²) in [4.78, 5) is 4.53. The van der Waals surface area contributed by atoms with Crippen LogP contribution in [-0.4, -0.2) is 62.3 Å². The van der Waals surface area contributed by atoms with E-state index in [1.165, 1.54) is 13.3 Å². The standard InChI is InChI=1S/C25H26ClN3O9S2/c1-4-35-25(34-3)29(24-19(26)13(2)28-38-24)40(32,33)22-15-6-5-8-27-23(15)39-21(22)20(31)16-11-18-17(36-12-37-18)10-14(16)7-9-30/h5-6,8,10-11,20,25,30-31H,4,7,9,12H2,1-3H3. The van der Waals surface area contributed by atoms with E-state index in [0.717, 1.165) is 15.6 Å². The summed E-state index contributed by atoms with van der Waals surface area (Å²) >= 11 is 7.42. The molecule has 0 bridgehead atoms. The van der Waals surface area contributed by atoms with Crippen LogP contribution in [0.3, 0.4) is 0 Å². The zero-order valence-electron chi connectivity index (χ0n) is 21.7. The van der Waals surface area contributed by atoms with Gasteiger partial charge < -0.3 is 33.7 Å². The van der Waals surface area contributed by atoms with Crippen molar-refractivity contribution in [2.24, 2.45) is 0 Å². The molecular formula is C25H26ClN3O9S2. The lowest BCUT2D eigenvalue weighted by molar-refractivity contribution is -0.112. The summed E-state index contributed by atoms with van der Waals surface area (Å²) < 4.78 is 57.3. The highest BCUT2D eigenvalue weighted by Crippen LogP contribution is 2.46. The number of nitrogens with zero attached hydrogens (tertiary/aromatic N) is 3. The van der Waals surface area contributed by atoms with Crippen molar-refractivity contribution in [2.75, 3.05) is 31.4 Å². The van der Waals surface area contributed by atoms with Gasteiger partial charge in [0.05, 0.1) is 4.88 Å². The normalized spacial score (nSPS) is 14.6. The number of ether oxygens (including phenoxy) is 4. The molecule has 12 nitrogen and oxygen atoms in total. The van der Waals surface area contributed by atoms with Crippen LogP contribution >= 0.6 is 22.9 Å². The molecule has 4 heterocycles. The number of thiophene rings is 1. The van der Waals surface area contributed by atoms with Crippen LogP contribution in [0.5, 0.6) is 11.5 Å². The van der Waals surface area contributed by atoms with Gasteiger partial charge in [0, 0.05) is 31.9 Å². The number of halogens is 1. The molecule has 0 fully saturated rings. The summed E-state index contributed by atoms with van der Waals surface area (Å²) in [6.07, 6.45) is -1.23. The van der Waals surface area contributed by atoms with Gasteiger partial charge in [-0.1, -0.05) is 16.8 Å². The van der Waals surface area contributed by atoms with E-state index in [0.29, 0.717) is 27.5 Å². The van der Waals surface area contributed by atoms with Gasteiger partial charge in [-0.25, -0.2) is 13.4 Å². The smallest absolute Gasteiger partial charge is 0.272 e. The lowest BCUT2D eigenvalue weighted by Crippen LogP contribution is -2.43. The Morgan fingerprint density at radius 1 is 1.27 bits per heavy atom. The van der Waals surface area contributed by atoms with Crippen molar-refractivity contribution in [2.45, 2.75) is 37.7 Å². The SMILES string of the molecule is CCOC(OC)N(c1onc(C)c1Cl)S(=O)(=O)c1c(C(O)c2cc3c(cc2CCO)OCO3)sc2ncccc12. The predicted octanol–water partition coefficient (Wildman–Crippen LogP) is 3.75. The molecule has 214 valence electrons. The molecule has 1 aliphatic heterocycles. The number of sulfonamides is 1. The third-order valence-electron chi connectivity index (χ3n) is 6.20. The number of benzene rings is 1. The number of anilines is 1. The summed E-state index contributed by atoms with van der Waals surface area (Å²) in [7, 11) is -3.36. The Morgan fingerprint density at radius 2 is 2.02 bits per heavy atom. The van der Waals surface area contributed by atoms with Crippen LogP contribution in [0.15, 0.2) is 39.9 Å². The van der Waals surface area contributed by atoms with Crippen molar-refractivity contribution < 1.29 is 42.1 Å². The fraction of sp³-hybridized carbons (Fsp3) is 0.360. The van der Waals surface area contributed by atoms with Crippen molar-refractivity contribution in [3.63, 3.8) is 0 Å². The first-order valence-corrected chi connectivity index (χ1v) is 14.8. The van der Waals surface area contributed by atoms with Gasteiger partial charge in [0.15, 0.2) is 11.5 Å². The molecular weight excluding hydrogens is 586 g/mol. The molecule has 2 N–H and O–H groups in total. The average molecular weight is 612 g/mol. The summed E-state index contributed by atoms with van der Waals surface area (Å²) in [5.74, 6) is 0.541. The molecule has 0 radical (unpaired) electrons. The number of aryl methyl sites for hydroxylation is 1. The van der Waals surface area contributed by atoms with Crippen molar-refractivity contribution in [3.05, 3.63) is 57.2 Å². The van der Waals surface area contributed by atoms with Gasteiger partial charge in [-0.05, 0) is 55.7 Å². The van der Waals surface area contributed by atoms with Crippen LogP contribution in [0, 0.1) is 6.92 Å². The van der Waals surface area contributed by atoms with Crippen LogP contribution in [0.25, 0.3) is 10.2 Å². The molecule has 4 aromatic rings. The Labute approximate surface area is 238 Å². The zero-order chi connectivity index (χ0) is 28.6. The van der Waals surface area contributed by atoms with Gasteiger partial charge in [0.2, 0.25) is 6.79 Å². The fourth-order valence-electron chi connectivity index (χ4n) is 4.38. The van der Waals surface area contributed by atoms with Gasteiger partial charge in [0.1, 0.15) is 26.5 Å². The maximum atomic E-state index is 14.6. The van der Waals surface area contributed by atoms with Gasteiger partial charge in [-0.3, -0.25) is 0 Å². The summed E-state index contributed by atoms with van der Waals surface area (Å²) in [6, 6.07) is 6.42. The summed E-state index contributed by atoms with van der Waals surface area (Å²) in [5, 5.41) is 25.5. The van der Waals surface area contributed by atoms with E-state index in [1.807, 2.05) is 0 Å². The number of aliphatic hydroxyl groups excluding tert-OH is 2. The Hall–Kier alpha value is -2.98. The van der Waals surface area contributed by atoms with Gasteiger partial charge in [-0.2, -0.15) is 4.31 Å². The van der Waals surface area contributed by atoms with Crippen LogP contribution in [0.4, 0.5) is 5.88 Å². The first-order valence-electron chi connectivity index (χ1n) is 12.1. The minimum absolute atomic E-state index is 0.00202. The van der Waals surface area contributed by atoms with Gasteiger partial charge >= 0.3 is 0 Å². The Kier molecular flexibility index (Phi) is 8.20. The van der Waals surface area contributed by atoms with Crippen molar-refractivity contribution in [1.82, 2.24) is 10.1 Å². The fourth-order valence-corrected chi connectivity index (χ4v) is 7.86. The van der Waals surface area contributed by atoms with Crippen LogP contribution < -0.4 is 13.8 Å². The third kappa shape index (κ3) is 4.89. The molecule has 3 aromatic heterocycles. The van der Waals surface area contributed by atoms with E-state index < -0.39 is 22.5 Å². The van der Waals surface area contributed by atoms with Gasteiger partial charge in [0.25, 0.3) is 22.3 Å². The minimum atomic E-state index is -4.63. The molecule has 2 atom stereocenters. The van der Waals surface area contributed by atoms with Crippen molar-refractivity contribution >= 4 is 49.1 Å². The number of rotatable bonds is 11. The maximum absolute atomic E-state index is 14.6. The van der Waals surface area contributed by atoms with Crippen molar-refractivity contribution in [3.8, 4) is 11.5 Å². The topological polar surface area (TPSA) is 154 Å². The lowest BCUT2D eigenvalue weighted by atomic mass is 9.98. The highest BCUT2D eigenvalue weighted by molar-refractivity contribution is 7.93. The Bertz CT molecular complexity index is 1640. The molecule has 0 aliphatic carbocycles. The number of fused-ring (bicyclic) bond motifs is 2. The zero-order valence-corrected chi connectivity index (χ0v) is 24.0. The van der Waals surface area contributed by atoms with E-state index in [1.54, 1.807) is 38.1 Å². The highest BCUT2D eigenvalue weighted by Gasteiger charge is 2.42. The second-order valence-corrected chi connectivity index (χ2v) is 11.8. The number of pyridine rings is 1. The van der Waals surface area contributed by atoms with Crippen LogP contribution in [0.2, 0.25) is 5.02 Å². The highest BCUT2D eigenvalue weighted by atomic mass is 35.5. The Balaban J connectivity index is 1.75. The predicted molar refractivity (Wildman–Crippen MR) is 145 cm³/mol. The average Bonchev–Trinajstić information content (AvgIpc) is 3.65. The van der Waals surface area contributed by atoms with Crippen LogP contribution in [0.1, 0.15) is 34.7 Å². The monoisotopic (exact) mass is 611 g/mol. The largest absolute Gasteiger partial charge is 0.454 e. The molecule has 1 aromatic carbocycles. The van der Waals surface area contributed by atoms with E-state index in [-0.39, 0.29) is 58.2 Å². The molecule has 0 amide bonds. The molecule has 40 heavy (non-hydrogen) atoms. The van der Waals surface area contributed by atoms with E-state index in [9.17, 15) is 18.6 Å². The molecule has 1 aliphatic rings. The minimum Gasteiger partial charge on any atom is -0.454 e. The maximum Gasteiger partial charge on any atom is 0.272 e. The number of methoxy groups -OCH3 is 1. The van der Waals surface area contributed by atoms with Crippen molar-refractivity contribution in [1.29, 1.82) is 0 Å². The third-order valence-corrected chi connectivity index (χ3v) is 9.74. The summed E-state index contributed by atoms with van der Waals surface area (Å²) in [6.45, 7) is 3.12. The van der Waals surface area contributed by atoms with E-state index in [4.69, 9.17) is 35.1 Å². The van der Waals surface area contributed by atoms with Crippen LogP contribution in [-0.2, 0) is 25.9 Å². The first-order chi connectivity index (χ1) is 19.2. The van der Waals surface area contributed by atoms with E-state index >= 15 is 0 Å². The molecule has 0 saturated heterocycles. The molecule has 2 unspecified atom stereocenters. The molecule has 5 rings (SSSR count). The number of hydrogen-bond acceptors (Lipinski definition) is 12. The quantitative estimate of drug-likeness (QED) is 0.238. The number of aromatic nitrogens is 2. The second-order valence-electron chi connectivity index (χ2n) is 8.62.